The van der Waals surface area contributed by atoms with E-state index in [1.54, 1.807) is 0 Å². The number of nitrogens with one attached hydrogen (secondary N) is 1. The lowest BCUT2D eigenvalue weighted by Crippen LogP contribution is -2.27. The van der Waals surface area contributed by atoms with Gasteiger partial charge in [0.1, 0.15) is 0 Å². The third-order valence-corrected chi connectivity index (χ3v) is 2.21. The highest BCUT2D eigenvalue weighted by Crippen LogP contribution is 2.12. The first-order valence-corrected chi connectivity index (χ1v) is 4.33. The molecule has 11 heavy (non-hydrogen) atoms. The van der Waals surface area contributed by atoms with E-state index in [0.717, 1.165) is 19.0 Å². The molecule has 0 unspecified atom stereocenters. The van der Waals surface area contributed by atoms with Gasteiger partial charge in [-0.1, -0.05) is 0 Å². The third kappa shape index (κ3) is 3.18. The maximum atomic E-state index is 8.52. The molecular weight excluding hydrogens is 140 g/mol. The molecule has 1 atom stereocenters. The van der Waals surface area contributed by atoms with Gasteiger partial charge in [0.2, 0.25) is 0 Å². The second-order valence-electron chi connectivity index (χ2n) is 3.34. The van der Waals surface area contributed by atoms with Gasteiger partial charge in [-0.25, -0.2) is 0 Å². The Bertz CT molecular complexity index is 108. The van der Waals surface area contributed by atoms with Crippen LogP contribution in [0.25, 0.3) is 0 Å². The third-order valence-electron chi connectivity index (χ3n) is 2.21. The second-order valence-corrected chi connectivity index (χ2v) is 3.34. The van der Waals surface area contributed by atoms with Gasteiger partial charge in [-0.2, -0.15) is 0 Å². The molecule has 66 valence electrons. The van der Waals surface area contributed by atoms with Crippen LogP contribution in [0.4, 0.5) is 0 Å². The van der Waals surface area contributed by atoms with Crippen molar-refractivity contribution in [1.29, 1.82) is 0 Å². The molecule has 0 aromatic carbocycles. The predicted octanol–water partition coefficient (Wildman–Crippen LogP) is -0.480. The Balaban J connectivity index is 1.99. The molecule has 1 aliphatic rings. The van der Waals surface area contributed by atoms with Gasteiger partial charge in [0, 0.05) is 13.1 Å². The Labute approximate surface area is 68.4 Å². The lowest BCUT2D eigenvalue weighted by molar-refractivity contribution is 0.287. The van der Waals surface area contributed by atoms with E-state index in [4.69, 9.17) is 5.11 Å². The van der Waals surface area contributed by atoms with Crippen molar-refractivity contribution in [3.8, 4) is 0 Å². The molecule has 0 saturated carbocycles. The molecule has 0 spiro atoms. The minimum Gasteiger partial charge on any atom is -0.395 e. The van der Waals surface area contributed by atoms with E-state index in [0.29, 0.717) is 0 Å². The highest BCUT2D eigenvalue weighted by atomic mass is 16.3. The Morgan fingerprint density at radius 1 is 1.64 bits per heavy atom. The average molecular weight is 158 g/mol. The topological polar surface area (TPSA) is 35.5 Å². The summed E-state index contributed by atoms with van der Waals surface area (Å²) >= 11 is 0. The maximum Gasteiger partial charge on any atom is 0.0555 e. The van der Waals surface area contributed by atoms with Crippen molar-refractivity contribution in [3.05, 3.63) is 0 Å². The van der Waals surface area contributed by atoms with E-state index >= 15 is 0 Å². The molecule has 1 heterocycles. The van der Waals surface area contributed by atoms with Crippen LogP contribution in [-0.4, -0.2) is 49.8 Å². The number of hydrogen-bond donors (Lipinski definition) is 2. The number of hydrogen-bond acceptors (Lipinski definition) is 3. The van der Waals surface area contributed by atoms with Crippen molar-refractivity contribution in [2.45, 2.75) is 6.42 Å². The van der Waals surface area contributed by atoms with Gasteiger partial charge in [-0.15, -0.1) is 0 Å². The van der Waals surface area contributed by atoms with Gasteiger partial charge >= 0.3 is 0 Å². The zero-order valence-corrected chi connectivity index (χ0v) is 7.21. The first-order chi connectivity index (χ1) is 5.33. The number of aliphatic hydroxyl groups is 1. The molecule has 1 aliphatic heterocycles. The normalized spacial score (nSPS) is 26.2. The summed E-state index contributed by atoms with van der Waals surface area (Å²) in [5.74, 6) is 0.798. The van der Waals surface area contributed by atoms with Crippen LogP contribution >= 0.6 is 0 Å². The fourth-order valence-electron chi connectivity index (χ4n) is 1.58. The Kier molecular flexibility index (Phi) is 3.83. The van der Waals surface area contributed by atoms with E-state index < -0.39 is 0 Å². The van der Waals surface area contributed by atoms with Crippen molar-refractivity contribution in [3.63, 3.8) is 0 Å². The summed E-state index contributed by atoms with van der Waals surface area (Å²) in [7, 11) is 2.16. The van der Waals surface area contributed by atoms with Gasteiger partial charge in [0.25, 0.3) is 0 Å². The van der Waals surface area contributed by atoms with Gasteiger partial charge in [-0.05, 0) is 32.5 Å². The van der Waals surface area contributed by atoms with Gasteiger partial charge in [-0.3, -0.25) is 0 Å². The summed E-state index contributed by atoms with van der Waals surface area (Å²) in [5.41, 5.74) is 0. The highest BCUT2D eigenvalue weighted by molar-refractivity contribution is 4.74. The molecule has 1 fully saturated rings. The number of aliphatic hydroxyl groups excluding tert-OH is 1. The fourth-order valence-corrected chi connectivity index (χ4v) is 1.58. The minimum absolute atomic E-state index is 0.253. The molecule has 0 bridgehead atoms. The quantitative estimate of drug-likeness (QED) is 0.542. The molecule has 0 amide bonds. The smallest absolute Gasteiger partial charge is 0.0555 e. The second kappa shape index (κ2) is 4.70. The summed E-state index contributed by atoms with van der Waals surface area (Å²) < 4.78 is 0. The Morgan fingerprint density at radius 3 is 3.00 bits per heavy atom. The SMILES string of the molecule is CN1CC[C@H](CNCCO)C1. The predicted molar refractivity (Wildman–Crippen MR) is 45.6 cm³/mol. The van der Waals surface area contributed by atoms with E-state index in [1.807, 2.05) is 0 Å². The summed E-state index contributed by atoms with van der Waals surface area (Å²) in [5, 5.41) is 11.7. The summed E-state index contributed by atoms with van der Waals surface area (Å²) in [6, 6.07) is 0. The van der Waals surface area contributed by atoms with Gasteiger partial charge < -0.3 is 15.3 Å². The average Bonchev–Trinajstić information content (AvgIpc) is 2.37. The lowest BCUT2D eigenvalue weighted by atomic mass is 10.1. The first-order valence-electron chi connectivity index (χ1n) is 4.33. The molecule has 1 rings (SSSR count). The maximum absolute atomic E-state index is 8.52. The van der Waals surface area contributed by atoms with Gasteiger partial charge in [0.15, 0.2) is 0 Å². The van der Waals surface area contributed by atoms with Crippen LogP contribution in [0.1, 0.15) is 6.42 Å². The lowest BCUT2D eigenvalue weighted by Gasteiger charge is -2.10. The standard InChI is InChI=1S/C8H18N2O/c1-10-4-2-8(7-10)6-9-3-5-11/h8-9,11H,2-7H2,1H3/t8-/m1/s1. The monoisotopic (exact) mass is 158 g/mol. The fraction of sp³-hybridized carbons (Fsp3) is 1.00. The van der Waals surface area contributed by atoms with Crippen molar-refractivity contribution < 1.29 is 5.11 Å². The van der Waals surface area contributed by atoms with Crippen LogP contribution in [0.5, 0.6) is 0 Å². The van der Waals surface area contributed by atoms with Crippen molar-refractivity contribution in [2.24, 2.45) is 5.92 Å². The summed E-state index contributed by atoms with van der Waals surface area (Å²) in [6.45, 7) is 4.48. The van der Waals surface area contributed by atoms with Crippen molar-refractivity contribution in [2.75, 3.05) is 39.8 Å². The van der Waals surface area contributed by atoms with E-state index in [2.05, 4.69) is 17.3 Å². The number of likely N-dealkylation sites (tertiary alicyclic amines) is 1. The van der Waals surface area contributed by atoms with Crippen LogP contribution in [-0.2, 0) is 0 Å². The zero-order valence-electron chi connectivity index (χ0n) is 7.21. The van der Waals surface area contributed by atoms with Crippen molar-refractivity contribution in [1.82, 2.24) is 10.2 Å². The zero-order chi connectivity index (χ0) is 8.10. The molecular formula is C8H18N2O. The first kappa shape index (κ1) is 8.97. The van der Waals surface area contributed by atoms with Gasteiger partial charge in [0.05, 0.1) is 6.61 Å². The van der Waals surface area contributed by atoms with Crippen LogP contribution < -0.4 is 5.32 Å². The molecule has 1 saturated heterocycles. The molecule has 0 aromatic rings. The molecule has 0 radical (unpaired) electrons. The Morgan fingerprint density at radius 2 is 2.45 bits per heavy atom. The molecule has 0 aromatic heterocycles. The van der Waals surface area contributed by atoms with E-state index in [-0.39, 0.29) is 6.61 Å². The van der Waals surface area contributed by atoms with Crippen LogP contribution in [0, 0.1) is 5.92 Å². The molecule has 3 nitrogen and oxygen atoms in total. The number of nitrogens with zero attached hydrogens (tertiary/aromatic N) is 1. The Hall–Kier alpha value is -0.120. The summed E-state index contributed by atoms with van der Waals surface area (Å²) in [4.78, 5) is 2.35. The summed E-state index contributed by atoms with van der Waals surface area (Å²) in [6.07, 6.45) is 1.30. The van der Waals surface area contributed by atoms with Crippen LogP contribution in [0.3, 0.4) is 0 Å². The largest absolute Gasteiger partial charge is 0.395 e. The minimum atomic E-state index is 0.253. The van der Waals surface area contributed by atoms with E-state index in [9.17, 15) is 0 Å². The molecule has 3 heteroatoms. The van der Waals surface area contributed by atoms with Crippen LogP contribution in [0.15, 0.2) is 0 Å². The molecule has 0 aliphatic carbocycles. The van der Waals surface area contributed by atoms with Crippen molar-refractivity contribution >= 4 is 0 Å². The van der Waals surface area contributed by atoms with Crippen LogP contribution in [0.2, 0.25) is 0 Å². The van der Waals surface area contributed by atoms with E-state index in [1.165, 1.54) is 19.5 Å². The number of rotatable bonds is 4. The molecule has 2 N–H and O–H groups in total. The highest BCUT2D eigenvalue weighted by Gasteiger charge is 2.18.